The van der Waals surface area contributed by atoms with E-state index in [-0.39, 0.29) is 37.0 Å². The maximum atomic E-state index is 12.7. The second-order valence-corrected chi connectivity index (χ2v) is 8.85. The van der Waals surface area contributed by atoms with Gasteiger partial charge < -0.3 is 14.1 Å². The number of hydrogen-bond donors (Lipinski definition) is 0. The van der Waals surface area contributed by atoms with Gasteiger partial charge in [0.2, 0.25) is 10.0 Å². The highest BCUT2D eigenvalue weighted by Gasteiger charge is 2.32. The second-order valence-electron chi connectivity index (χ2n) is 6.92. The first kappa shape index (κ1) is 21.1. The average Bonchev–Trinajstić information content (AvgIpc) is 3.06. The molecule has 0 bridgehead atoms. The lowest BCUT2D eigenvalue weighted by Gasteiger charge is -2.35. The van der Waals surface area contributed by atoms with E-state index in [1.807, 2.05) is 0 Å². The number of nitrogens with zero attached hydrogens (tertiary/aromatic N) is 2. The van der Waals surface area contributed by atoms with Crippen LogP contribution in [0, 0.1) is 13.8 Å². The molecule has 9 heteroatoms. The predicted molar refractivity (Wildman–Crippen MR) is 105 cm³/mol. The molecule has 1 amide bonds. The molecule has 0 radical (unpaired) electrons. The molecule has 156 valence electrons. The van der Waals surface area contributed by atoms with E-state index >= 15 is 0 Å². The molecule has 0 saturated carbocycles. The van der Waals surface area contributed by atoms with Crippen molar-refractivity contribution in [1.82, 2.24) is 9.21 Å². The second kappa shape index (κ2) is 8.38. The highest BCUT2D eigenvalue weighted by atomic mass is 32.2. The van der Waals surface area contributed by atoms with Crippen molar-refractivity contribution in [1.29, 1.82) is 0 Å². The minimum atomic E-state index is -3.59. The van der Waals surface area contributed by atoms with Crippen LogP contribution in [0.3, 0.4) is 0 Å². The van der Waals surface area contributed by atoms with E-state index < -0.39 is 22.1 Å². The number of amides is 1. The fourth-order valence-electron chi connectivity index (χ4n) is 3.26. The number of rotatable bonds is 5. The summed E-state index contributed by atoms with van der Waals surface area (Å²) in [6.45, 7) is 5.72. The molecule has 2 aromatic rings. The van der Waals surface area contributed by atoms with Crippen molar-refractivity contribution in [2.75, 3.05) is 26.2 Å². The van der Waals surface area contributed by atoms with E-state index in [0.29, 0.717) is 17.1 Å². The molecule has 1 aromatic carbocycles. The topological polar surface area (TPSA) is 97.1 Å². The minimum absolute atomic E-state index is 0.184. The summed E-state index contributed by atoms with van der Waals surface area (Å²) in [7, 11) is -3.59. The highest BCUT2D eigenvalue weighted by Crippen LogP contribution is 2.19. The van der Waals surface area contributed by atoms with Gasteiger partial charge in [0.1, 0.15) is 17.1 Å². The van der Waals surface area contributed by atoms with Crippen LogP contribution in [0.5, 0.6) is 0 Å². The Morgan fingerprint density at radius 1 is 1.07 bits per heavy atom. The molecule has 1 unspecified atom stereocenters. The Labute approximate surface area is 170 Å². The molecule has 1 aliphatic rings. The van der Waals surface area contributed by atoms with Gasteiger partial charge in [-0.2, -0.15) is 4.31 Å². The summed E-state index contributed by atoms with van der Waals surface area (Å²) in [6, 6.07) is 9.77. The first-order valence-corrected chi connectivity index (χ1v) is 10.8. The number of aryl methyl sites for hydroxylation is 2. The van der Waals surface area contributed by atoms with E-state index in [4.69, 9.17) is 9.15 Å². The summed E-state index contributed by atoms with van der Waals surface area (Å²) < 4.78 is 37.3. The quantitative estimate of drug-likeness (QED) is 0.686. The average molecular weight is 420 g/mol. The van der Waals surface area contributed by atoms with E-state index in [1.165, 1.54) is 16.1 Å². The first-order valence-electron chi connectivity index (χ1n) is 9.32. The van der Waals surface area contributed by atoms with Crippen molar-refractivity contribution in [3.05, 3.63) is 53.5 Å². The number of carbonyl (C=O) groups excluding carboxylic acids is 2. The Balaban J connectivity index is 1.58. The van der Waals surface area contributed by atoms with Gasteiger partial charge in [0.15, 0.2) is 6.10 Å². The number of ether oxygens (including phenoxy) is 1. The summed E-state index contributed by atoms with van der Waals surface area (Å²) in [5, 5.41) is 0. The molecule has 1 aliphatic heterocycles. The van der Waals surface area contributed by atoms with Gasteiger partial charge >= 0.3 is 5.97 Å². The standard InChI is InChI=1S/C20H24N2O6S/c1-14-13-18(15(2)27-14)20(24)28-16(3)19(23)21-9-11-22(12-10-21)29(25,26)17-7-5-4-6-8-17/h4-8,13,16H,9-12H2,1-3H3. The Morgan fingerprint density at radius 3 is 2.24 bits per heavy atom. The van der Waals surface area contributed by atoms with Gasteiger partial charge in [-0.1, -0.05) is 18.2 Å². The third-order valence-corrected chi connectivity index (χ3v) is 6.74. The van der Waals surface area contributed by atoms with Crippen molar-refractivity contribution in [2.45, 2.75) is 31.8 Å². The molecule has 1 fully saturated rings. The summed E-state index contributed by atoms with van der Waals surface area (Å²) in [4.78, 5) is 26.7. The maximum Gasteiger partial charge on any atom is 0.342 e. The third kappa shape index (κ3) is 4.51. The van der Waals surface area contributed by atoms with Gasteiger partial charge in [-0.25, -0.2) is 13.2 Å². The largest absolute Gasteiger partial charge is 0.466 e. The molecule has 1 aromatic heterocycles. The van der Waals surface area contributed by atoms with Crippen LogP contribution in [-0.4, -0.2) is 61.8 Å². The van der Waals surface area contributed by atoms with Crippen molar-refractivity contribution < 1.29 is 27.2 Å². The monoisotopic (exact) mass is 420 g/mol. The molecule has 1 atom stereocenters. The smallest absolute Gasteiger partial charge is 0.342 e. The summed E-state index contributed by atoms with van der Waals surface area (Å²) in [5.74, 6) is 0.0505. The van der Waals surface area contributed by atoms with Crippen LogP contribution in [0.15, 0.2) is 45.7 Å². The van der Waals surface area contributed by atoms with Gasteiger partial charge in [0, 0.05) is 26.2 Å². The molecule has 3 rings (SSSR count). The number of carbonyl (C=O) groups is 2. The molecule has 2 heterocycles. The molecule has 0 N–H and O–H groups in total. The van der Waals surface area contributed by atoms with E-state index in [0.717, 1.165) is 0 Å². The van der Waals surface area contributed by atoms with Crippen LogP contribution < -0.4 is 0 Å². The van der Waals surface area contributed by atoms with Gasteiger partial charge in [-0.3, -0.25) is 4.79 Å². The normalized spacial score (nSPS) is 16.4. The maximum absolute atomic E-state index is 12.7. The summed E-state index contributed by atoms with van der Waals surface area (Å²) in [6.07, 6.45) is -0.977. The van der Waals surface area contributed by atoms with Gasteiger partial charge in [-0.15, -0.1) is 0 Å². The molecule has 29 heavy (non-hydrogen) atoms. The first-order chi connectivity index (χ1) is 13.7. The van der Waals surface area contributed by atoms with Crippen LogP contribution >= 0.6 is 0 Å². The Bertz CT molecular complexity index is 991. The van der Waals surface area contributed by atoms with Crippen molar-refractivity contribution in [2.24, 2.45) is 0 Å². The molecule has 0 spiro atoms. The van der Waals surface area contributed by atoms with Gasteiger partial charge in [-0.05, 0) is 39.0 Å². The molecular weight excluding hydrogens is 396 g/mol. The lowest BCUT2D eigenvalue weighted by atomic mass is 10.2. The molecule has 1 saturated heterocycles. The van der Waals surface area contributed by atoms with Crippen molar-refractivity contribution in [3.8, 4) is 0 Å². The number of esters is 1. The molecular formula is C20H24N2O6S. The summed E-state index contributed by atoms with van der Waals surface area (Å²) >= 11 is 0. The number of piperazine rings is 1. The zero-order valence-electron chi connectivity index (χ0n) is 16.6. The van der Waals surface area contributed by atoms with Gasteiger partial charge in [0.05, 0.1) is 4.90 Å². The van der Waals surface area contributed by atoms with Crippen LogP contribution in [-0.2, 0) is 19.6 Å². The number of hydrogen-bond acceptors (Lipinski definition) is 6. The van der Waals surface area contributed by atoms with Crippen LogP contribution in [0.4, 0.5) is 0 Å². The number of benzene rings is 1. The zero-order valence-corrected chi connectivity index (χ0v) is 17.4. The van der Waals surface area contributed by atoms with Crippen LogP contribution in [0.1, 0.15) is 28.8 Å². The fourth-order valence-corrected chi connectivity index (χ4v) is 4.70. The van der Waals surface area contributed by atoms with Crippen molar-refractivity contribution >= 4 is 21.9 Å². The predicted octanol–water partition coefficient (Wildman–Crippen LogP) is 1.97. The zero-order chi connectivity index (χ0) is 21.2. The lowest BCUT2D eigenvalue weighted by Crippen LogP contribution is -2.52. The van der Waals surface area contributed by atoms with Gasteiger partial charge in [0.25, 0.3) is 5.91 Å². The van der Waals surface area contributed by atoms with Crippen LogP contribution in [0.25, 0.3) is 0 Å². The minimum Gasteiger partial charge on any atom is -0.466 e. The molecule has 8 nitrogen and oxygen atoms in total. The fraction of sp³-hybridized carbons (Fsp3) is 0.400. The lowest BCUT2D eigenvalue weighted by molar-refractivity contribution is -0.141. The van der Waals surface area contributed by atoms with E-state index in [1.54, 1.807) is 50.2 Å². The Kier molecular flexibility index (Phi) is 6.09. The summed E-state index contributed by atoms with van der Waals surface area (Å²) in [5.41, 5.74) is 0.293. The van der Waals surface area contributed by atoms with Crippen LogP contribution in [0.2, 0.25) is 0 Å². The Hall–Kier alpha value is -2.65. The number of furan rings is 1. The van der Waals surface area contributed by atoms with Crippen molar-refractivity contribution in [3.63, 3.8) is 0 Å². The third-order valence-electron chi connectivity index (χ3n) is 4.82. The molecule has 0 aliphatic carbocycles. The highest BCUT2D eigenvalue weighted by molar-refractivity contribution is 7.89. The SMILES string of the molecule is Cc1cc(C(=O)OC(C)C(=O)N2CCN(S(=O)(=O)c3ccccc3)CC2)c(C)o1. The Morgan fingerprint density at radius 2 is 1.69 bits per heavy atom. The van der Waals surface area contributed by atoms with E-state index in [9.17, 15) is 18.0 Å². The van der Waals surface area contributed by atoms with E-state index in [2.05, 4.69) is 0 Å². The number of sulfonamides is 1.